The summed E-state index contributed by atoms with van der Waals surface area (Å²) in [5, 5.41) is 0. The second kappa shape index (κ2) is 6.80. The summed E-state index contributed by atoms with van der Waals surface area (Å²) in [6, 6.07) is 11.3. The SMILES string of the molecule is O=C(c1ccccc1)N1CCOC[C@@]2(CCN(c3ncccn3)C2)C1. The molecule has 0 unspecified atom stereocenters. The Bertz CT molecular complexity index is 725. The largest absolute Gasteiger partial charge is 0.379 e. The maximum Gasteiger partial charge on any atom is 0.253 e. The first-order chi connectivity index (χ1) is 12.3. The van der Waals surface area contributed by atoms with Crippen molar-refractivity contribution in [3.63, 3.8) is 0 Å². The molecule has 2 aliphatic rings. The van der Waals surface area contributed by atoms with Gasteiger partial charge in [0.1, 0.15) is 0 Å². The lowest BCUT2D eigenvalue weighted by atomic mass is 9.87. The van der Waals surface area contributed by atoms with Gasteiger partial charge in [-0.3, -0.25) is 4.79 Å². The highest BCUT2D eigenvalue weighted by molar-refractivity contribution is 5.94. The van der Waals surface area contributed by atoms with Crippen LogP contribution in [0, 0.1) is 5.41 Å². The lowest BCUT2D eigenvalue weighted by Crippen LogP contribution is -2.43. The Kier molecular flexibility index (Phi) is 4.36. The second-order valence-corrected chi connectivity index (χ2v) is 6.87. The number of anilines is 1. The molecule has 0 bridgehead atoms. The molecule has 0 radical (unpaired) electrons. The van der Waals surface area contributed by atoms with Crippen molar-refractivity contribution in [3.8, 4) is 0 Å². The quantitative estimate of drug-likeness (QED) is 0.836. The Balaban J connectivity index is 1.51. The maximum atomic E-state index is 12.9. The minimum Gasteiger partial charge on any atom is -0.379 e. The molecule has 0 N–H and O–H groups in total. The number of carbonyl (C=O) groups is 1. The smallest absolute Gasteiger partial charge is 0.253 e. The average Bonchev–Trinajstić information content (AvgIpc) is 2.97. The number of hydrogen-bond donors (Lipinski definition) is 0. The molecule has 2 saturated heterocycles. The molecule has 4 rings (SSSR count). The van der Waals surface area contributed by atoms with E-state index in [1.54, 1.807) is 12.4 Å². The Morgan fingerprint density at radius 2 is 1.84 bits per heavy atom. The minimum atomic E-state index is -0.0554. The third-order valence-electron chi connectivity index (χ3n) is 5.02. The number of hydrogen-bond acceptors (Lipinski definition) is 5. The van der Waals surface area contributed by atoms with Gasteiger partial charge < -0.3 is 14.5 Å². The summed E-state index contributed by atoms with van der Waals surface area (Å²) in [6.07, 6.45) is 4.51. The second-order valence-electron chi connectivity index (χ2n) is 6.87. The zero-order valence-corrected chi connectivity index (χ0v) is 14.2. The molecule has 6 nitrogen and oxygen atoms in total. The summed E-state index contributed by atoms with van der Waals surface area (Å²) in [5.41, 5.74) is 0.681. The van der Waals surface area contributed by atoms with Crippen LogP contribution in [0.2, 0.25) is 0 Å². The van der Waals surface area contributed by atoms with Crippen LogP contribution in [0.3, 0.4) is 0 Å². The van der Waals surface area contributed by atoms with E-state index in [-0.39, 0.29) is 11.3 Å². The summed E-state index contributed by atoms with van der Waals surface area (Å²) in [4.78, 5) is 25.7. The van der Waals surface area contributed by atoms with Gasteiger partial charge in [-0.25, -0.2) is 9.97 Å². The summed E-state index contributed by atoms with van der Waals surface area (Å²) < 4.78 is 5.87. The van der Waals surface area contributed by atoms with Gasteiger partial charge in [-0.05, 0) is 24.6 Å². The van der Waals surface area contributed by atoms with E-state index in [9.17, 15) is 4.79 Å². The number of nitrogens with zero attached hydrogens (tertiary/aromatic N) is 4. The molecule has 130 valence electrons. The van der Waals surface area contributed by atoms with Crippen molar-refractivity contribution in [2.45, 2.75) is 6.42 Å². The molecule has 1 aromatic heterocycles. The molecular weight excluding hydrogens is 316 g/mol. The van der Waals surface area contributed by atoms with Crippen molar-refractivity contribution in [2.75, 3.05) is 44.3 Å². The molecule has 1 amide bonds. The van der Waals surface area contributed by atoms with E-state index in [2.05, 4.69) is 14.9 Å². The first-order valence-corrected chi connectivity index (χ1v) is 8.70. The number of aromatic nitrogens is 2. The predicted octanol–water partition coefficient (Wildman–Crippen LogP) is 1.85. The Morgan fingerprint density at radius 3 is 2.64 bits per heavy atom. The van der Waals surface area contributed by atoms with Crippen molar-refractivity contribution in [2.24, 2.45) is 5.41 Å². The standard InChI is InChI=1S/C19H22N4O2/c24-17(16-5-2-1-3-6-16)22-11-12-25-15-19(13-22)7-10-23(14-19)18-20-8-4-9-21-18/h1-6,8-9H,7,10-15H2/t19-/m0/s1. The summed E-state index contributed by atoms with van der Waals surface area (Å²) >= 11 is 0. The van der Waals surface area contributed by atoms with Gasteiger partial charge in [0, 0.05) is 49.6 Å². The molecule has 1 atom stereocenters. The van der Waals surface area contributed by atoms with Crippen molar-refractivity contribution < 1.29 is 9.53 Å². The van der Waals surface area contributed by atoms with Gasteiger partial charge in [0.25, 0.3) is 5.91 Å². The summed E-state index contributed by atoms with van der Waals surface area (Å²) in [7, 11) is 0. The van der Waals surface area contributed by atoms with Gasteiger partial charge in [0.15, 0.2) is 0 Å². The van der Waals surface area contributed by atoms with Gasteiger partial charge in [-0.2, -0.15) is 0 Å². The first-order valence-electron chi connectivity index (χ1n) is 8.70. The van der Waals surface area contributed by atoms with E-state index in [1.165, 1.54) is 0 Å². The number of ether oxygens (including phenoxy) is 1. The van der Waals surface area contributed by atoms with E-state index in [0.29, 0.717) is 26.3 Å². The molecule has 2 fully saturated rings. The van der Waals surface area contributed by atoms with Crippen molar-refractivity contribution in [1.29, 1.82) is 0 Å². The number of benzene rings is 1. The third kappa shape index (κ3) is 3.35. The Morgan fingerprint density at radius 1 is 1.04 bits per heavy atom. The topological polar surface area (TPSA) is 58.6 Å². The van der Waals surface area contributed by atoms with Crippen LogP contribution in [0.15, 0.2) is 48.8 Å². The lowest BCUT2D eigenvalue weighted by molar-refractivity contribution is 0.0691. The Labute approximate surface area is 147 Å². The van der Waals surface area contributed by atoms with E-state index >= 15 is 0 Å². The number of amides is 1. The fraction of sp³-hybridized carbons (Fsp3) is 0.421. The van der Waals surface area contributed by atoms with Gasteiger partial charge in [-0.1, -0.05) is 18.2 Å². The average molecular weight is 338 g/mol. The molecule has 25 heavy (non-hydrogen) atoms. The van der Waals surface area contributed by atoms with Crippen molar-refractivity contribution in [1.82, 2.24) is 14.9 Å². The van der Waals surface area contributed by atoms with Crippen LogP contribution in [0.25, 0.3) is 0 Å². The molecule has 1 aromatic carbocycles. The zero-order chi connectivity index (χ0) is 17.1. The normalized spacial score (nSPS) is 23.7. The summed E-state index contributed by atoms with van der Waals surface area (Å²) in [5.74, 6) is 0.837. The molecule has 0 aliphatic carbocycles. The molecule has 2 aliphatic heterocycles. The van der Waals surface area contributed by atoms with Crippen LogP contribution < -0.4 is 4.90 Å². The van der Waals surface area contributed by atoms with Gasteiger partial charge in [-0.15, -0.1) is 0 Å². The van der Waals surface area contributed by atoms with Crippen molar-refractivity contribution >= 4 is 11.9 Å². The highest BCUT2D eigenvalue weighted by atomic mass is 16.5. The lowest BCUT2D eigenvalue weighted by Gasteiger charge is -2.31. The molecule has 0 saturated carbocycles. The van der Waals surface area contributed by atoms with Crippen LogP contribution in [-0.4, -0.2) is 60.2 Å². The number of carbonyl (C=O) groups excluding carboxylic acids is 1. The minimum absolute atomic E-state index is 0.0554. The van der Waals surface area contributed by atoms with Gasteiger partial charge in [0.05, 0.1) is 13.2 Å². The summed E-state index contributed by atoms with van der Waals surface area (Å²) in [6.45, 7) is 4.31. The monoisotopic (exact) mass is 338 g/mol. The molecule has 6 heteroatoms. The zero-order valence-electron chi connectivity index (χ0n) is 14.2. The van der Waals surface area contributed by atoms with Gasteiger partial charge in [0.2, 0.25) is 5.95 Å². The van der Waals surface area contributed by atoms with Crippen LogP contribution in [-0.2, 0) is 4.74 Å². The highest BCUT2D eigenvalue weighted by Crippen LogP contribution is 2.35. The van der Waals surface area contributed by atoms with E-state index in [1.807, 2.05) is 41.3 Å². The predicted molar refractivity (Wildman–Crippen MR) is 94.5 cm³/mol. The van der Waals surface area contributed by atoms with Crippen LogP contribution in [0.4, 0.5) is 5.95 Å². The van der Waals surface area contributed by atoms with Crippen molar-refractivity contribution in [3.05, 3.63) is 54.4 Å². The maximum absolute atomic E-state index is 12.9. The number of rotatable bonds is 2. The van der Waals surface area contributed by atoms with E-state index in [0.717, 1.165) is 31.0 Å². The van der Waals surface area contributed by atoms with E-state index in [4.69, 9.17) is 4.74 Å². The highest BCUT2D eigenvalue weighted by Gasteiger charge is 2.43. The third-order valence-corrected chi connectivity index (χ3v) is 5.02. The molecule has 3 heterocycles. The first kappa shape index (κ1) is 16.0. The van der Waals surface area contributed by atoms with E-state index < -0.39 is 0 Å². The van der Waals surface area contributed by atoms with Crippen LogP contribution >= 0.6 is 0 Å². The van der Waals surface area contributed by atoms with Gasteiger partial charge >= 0.3 is 0 Å². The molecular formula is C19H22N4O2. The molecule has 2 aromatic rings. The Hall–Kier alpha value is -2.47. The van der Waals surface area contributed by atoms with Crippen LogP contribution in [0.1, 0.15) is 16.8 Å². The fourth-order valence-electron chi connectivity index (χ4n) is 3.74. The molecule has 1 spiro atoms. The fourth-order valence-corrected chi connectivity index (χ4v) is 3.74. The van der Waals surface area contributed by atoms with Crippen LogP contribution in [0.5, 0.6) is 0 Å².